The van der Waals surface area contributed by atoms with Crippen molar-refractivity contribution in [3.63, 3.8) is 0 Å². The van der Waals surface area contributed by atoms with Crippen molar-refractivity contribution in [2.24, 2.45) is 0 Å². The van der Waals surface area contributed by atoms with Gasteiger partial charge in [-0.3, -0.25) is 0 Å². The quantitative estimate of drug-likeness (QED) is 0.887. The number of aliphatic hydroxyl groups excluding tert-OH is 1. The summed E-state index contributed by atoms with van der Waals surface area (Å²) >= 11 is 1.28. The molecule has 130 valence electrons. The van der Waals surface area contributed by atoms with Gasteiger partial charge in [0.2, 0.25) is 0 Å². The zero-order valence-electron chi connectivity index (χ0n) is 14.9. The standard InChI is InChI=1S/C16H29N5OS/c1-15(2)7-6-12(22)16(3,4)21(15)14-13(17-23-18-14)20-10-8-19(5)9-11-20/h12,22H,6-11H2,1-5H3. The molecule has 6 nitrogen and oxygen atoms in total. The molecular weight excluding hydrogens is 310 g/mol. The Morgan fingerprint density at radius 3 is 2.30 bits per heavy atom. The van der Waals surface area contributed by atoms with Gasteiger partial charge in [0.25, 0.3) is 0 Å². The number of rotatable bonds is 2. The molecule has 3 heterocycles. The van der Waals surface area contributed by atoms with E-state index in [0.717, 1.165) is 50.7 Å². The zero-order chi connectivity index (χ0) is 16.8. The van der Waals surface area contributed by atoms with Crippen LogP contribution in [-0.2, 0) is 0 Å². The van der Waals surface area contributed by atoms with E-state index in [4.69, 9.17) is 0 Å². The van der Waals surface area contributed by atoms with Crippen LogP contribution in [0.15, 0.2) is 0 Å². The van der Waals surface area contributed by atoms with Gasteiger partial charge < -0.3 is 19.8 Å². The summed E-state index contributed by atoms with van der Waals surface area (Å²) in [5.74, 6) is 1.92. The Labute approximate surface area is 143 Å². The van der Waals surface area contributed by atoms with Gasteiger partial charge in [0, 0.05) is 31.7 Å². The molecular formula is C16H29N5OS. The Hall–Kier alpha value is -0.920. The first kappa shape index (κ1) is 16.9. The molecule has 1 unspecified atom stereocenters. The van der Waals surface area contributed by atoms with Crippen LogP contribution in [0.2, 0.25) is 0 Å². The molecule has 0 spiro atoms. The molecule has 1 atom stereocenters. The Balaban J connectivity index is 1.96. The lowest BCUT2D eigenvalue weighted by Gasteiger charge is -2.55. The van der Waals surface area contributed by atoms with Crippen molar-refractivity contribution < 1.29 is 5.11 Å². The molecule has 0 aliphatic carbocycles. The highest BCUT2D eigenvalue weighted by molar-refractivity contribution is 6.99. The second-order valence-electron chi connectivity index (χ2n) is 8.06. The summed E-state index contributed by atoms with van der Waals surface area (Å²) in [5.41, 5.74) is -0.390. The summed E-state index contributed by atoms with van der Waals surface area (Å²) in [6, 6.07) is 0. The third-order valence-corrected chi connectivity index (χ3v) is 6.01. The van der Waals surface area contributed by atoms with Crippen LogP contribution < -0.4 is 9.80 Å². The molecule has 23 heavy (non-hydrogen) atoms. The van der Waals surface area contributed by atoms with E-state index in [0.29, 0.717) is 0 Å². The second kappa shape index (κ2) is 5.86. The molecule has 2 fully saturated rings. The molecule has 2 aliphatic heterocycles. The first-order valence-electron chi connectivity index (χ1n) is 8.48. The molecule has 7 heteroatoms. The average molecular weight is 340 g/mol. The normalized spacial score (nSPS) is 28.2. The third-order valence-electron chi connectivity index (χ3n) is 5.50. The van der Waals surface area contributed by atoms with E-state index in [-0.39, 0.29) is 17.2 Å². The van der Waals surface area contributed by atoms with Gasteiger partial charge in [-0.05, 0) is 47.6 Å². The van der Waals surface area contributed by atoms with E-state index in [1.165, 1.54) is 11.7 Å². The third kappa shape index (κ3) is 2.94. The van der Waals surface area contributed by atoms with Gasteiger partial charge in [0.1, 0.15) is 0 Å². The number of piperidine rings is 1. The lowest BCUT2D eigenvalue weighted by atomic mass is 9.78. The molecule has 3 rings (SSSR count). The van der Waals surface area contributed by atoms with Crippen LogP contribution in [0, 0.1) is 0 Å². The minimum atomic E-state index is -0.349. The van der Waals surface area contributed by atoms with E-state index in [2.05, 4.69) is 58.2 Å². The number of hydrogen-bond donors (Lipinski definition) is 1. The van der Waals surface area contributed by atoms with Gasteiger partial charge >= 0.3 is 0 Å². The maximum absolute atomic E-state index is 10.6. The number of aromatic nitrogens is 2. The fourth-order valence-corrected chi connectivity index (χ4v) is 4.54. The van der Waals surface area contributed by atoms with Crippen molar-refractivity contribution in [2.75, 3.05) is 43.0 Å². The molecule has 2 saturated heterocycles. The highest BCUT2D eigenvalue weighted by atomic mass is 32.1. The lowest BCUT2D eigenvalue weighted by Crippen LogP contribution is -2.65. The first-order chi connectivity index (χ1) is 10.7. The second-order valence-corrected chi connectivity index (χ2v) is 8.59. The molecule has 0 amide bonds. The molecule has 2 aliphatic rings. The Morgan fingerprint density at radius 2 is 1.65 bits per heavy atom. The van der Waals surface area contributed by atoms with E-state index in [9.17, 15) is 5.11 Å². The monoisotopic (exact) mass is 339 g/mol. The van der Waals surface area contributed by atoms with Crippen molar-refractivity contribution in [1.29, 1.82) is 0 Å². The van der Waals surface area contributed by atoms with E-state index >= 15 is 0 Å². The van der Waals surface area contributed by atoms with Crippen LogP contribution in [0.5, 0.6) is 0 Å². The van der Waals surface area contributed by atoms with Gasteiger partial charge in [0.05, 0.1) is 23.4 Å². The molecule has 0 radical (unpaired) electrons. The van der Waals surface area contributed by atoms with Crippen molar-refractivity contribution in [3.05, 3.63) is 0 Å². The lowest BCUT2D eigenvalue weighted by molar-refractivity contribution is 0.0417. The molecule has 0 saturated carbocycles. The highest BCUT2D eigenvalue weighted by Crippen LogP contribution is 2.44. The van der Waals surface area contributed by atoms with E-state index in [1.54, 1.807) is 0 Å². The molecule has 1 N–H and O–H groups in total. The SMILES string of the molecule is CN1CCN(c2nsnc2N2C(C)(C)CCC(O)C2(C)C)CC1. The van der Waals surface area contributed by atoms with E-state index < -0.39 is 0 Å². The van der Waals surface area contributed by atoms with Crippen LogP contribution in [0.25, 0.3) is 0 Å². The van der Waals surface area contributed by atoms with Crippen LogP contribution in [0.1, 0.15) is 40.5 Å². The number of hydrogen-bond acceptors (Lipinski definition) is 7. The Kier molecular flexibility index (Phi) is 4.31. The van der Waals surface area contributed by atoms with Gasteiger partial charge in [-0.2, -0.15) is 8.75 Å². The molecule has 1 aromatic rings. The van der Waals surface area contributed by atoms with Crippen LogP contribution in [0.3, 0.4) is 0 Å². The largest absolute Gasteiger partial charge is 0.391 e. The van der Waals surface area contributed by atoms with Crippen molar-refractivity contribution in [3.8, 4) is 0 Å². The fourth-order valence-electron chi connectivity index (χ4n) is 3.98. The van der Waals surface area contributed by atoms with Crippen molar-refractivity contribution >= 4 is 23.4 Å². The minimum Gasteiger partial charge on any atom is -0.391 e. The highest BCUT2D eigenvalue weighted by Gasteiger charge is 2.48. The van der Waals surface area contributed by atoms with E-state index in [1.807, 2.05) is 0 Å². The summed E-state index contributed by atoms with van der Waals surface area (Å²) < 4.78 is 9.26. The number of aliphatic hydroxyl groups is 1. The first-order valence-corrected chi connectivity index (χ1v) is 9.21. The fraction of sp³-hybridized carbons (Fsp3) is 0.875. The number of piperazine rings is 1. The number of likely N-dealkylation sites (N-methyl/N-ethyl adjacent to an activating group) is 1. The number of nitrogens with zero attached hydrogens (tertiary/aromatic N) is 5. The van der Waals surface area contributed by atoms with Gasteiger partial charge in [-0.25, -0.2) is 0 Å². The molecule has 0 bridgehead atoms. The average Bonchev–Trinajstić information content (AvgIpc) is 2.92. The van der Waals surface area contributed by atoms with Gasteiger partial charge in [-0.1, -0.05) is 0 Å². The predicted molar refractivity (Wildman–Crippen MR) is 95.5 cm³/mol. The topological polar surface area (TPSA) is 55.7 Å². The van der Waals surface area contributed by atoms with Gasteiger partial charge in [-0.15, -0.1) is 0 Å². The van der Waals surface area contributed by atoms with Crippen LogP contribution in [-0.4, -0.2) is 69.2 Å². The minimum absolute atomic E-state index is 0.0419. The summed E-state index contributed by atoms with van der Waals surface area (Å²) in [7, 11) is 2.16. The smallest absolute Gasteiger partial charge is 0.188 e. The maximum atomic E-state index is 10.6. The summed E-state index contributed by atoms with van der Waals surface area (Å²) in [4.78, 5) is 6.99. The predicted octanol–water partition coefficient (Wildman–Crippen LogP) is 1.81. The molecule has 1 aromatic heterocycles. The number of anilines is 2. The van der Waals surface area contributed by atoms with Crippen LogP contribution in [0.4, 0.5) is 11.6 Å². The summed E-state index contributed by atoms with van der Waals surface area (Å²) in [6.45, 7) is 12.8. The zero-order valence-corrected chi connectivity index (χ0v) is 15.7. The maximum Gasteiger partial charge on any atom is 0.188 e. The van der Waals surface area contributed by atoms with Gasteiger partial charge in [0.15, 0.2) is 11.6 Å². The molecule has 0 aromatic carbocycles. The van der Waals surface area contributed by atoms with Crippen molar-refractivity contribution in [1.82, 2.24) is 13.6 Å². The summed E-state index contributed by atoms with van der Waals surface area (Å²) in [5, 5.41) is 10.6. The van der Waals surface area contributed by atoms with Crippen molar-refractivity contribution in [2.45, 2.75) is 57.7 Å². The Bertz CT molecular complexity index is 550. The summed E-state index contributed by atoms with van der Waals surface area (Å²) in [6.07, 6.45) is 1.44. The van der Waals surface area contributed by atoms with Crippen LogP contribution >= 0.6 is 11.7 Å². The Morgan fingerprint density at radius 1 is 1.04 bits per heavy atom.